The standard InChI is InChI=1S/C22H27N5O2/c1-17(23-22(28)19-10-6-16-29-19)21-25-24-20-11-13-26(14-15-27(20)21)12-5-9-18-7-3-2-4-8-18/h2-4,6-8,10,16-17H,5,9,11-15H2,1H3,(H,23,28)/t17-/m0/s1. The lowest BCUT2D eigenvalue weighted by Crippen LogP contribution is -2.30. The molecule has 0 saturated heterocycles. The third-order valence-electron chi connectivity index (χ3n) is 5.41. The highest BCUT2D eigenvalue weighted by Crippen LogP contribution is 2.16. The van der Waals surface area contributed by atoms with E-state index in [1.165, 1.54) is 11.8 Å². The van der Waals surface area contributed by atoms with Crippen molar-refractivity contribution in [1.82, 2.24) is 25.0 Å². The first-order valence-corrected chi connectivity index (χ1v) is 10.2. The van der Waals surface area contributed by atoms with E-state index in [-0.39, 0.29) is 11.9 Å². The van der Waals surface area contributed by atoms with Crippen molar-refractivity contribution < 1.29 is 9.21 Å². The second-order valence-electron chi connectivity index (χ2n) is 7.48. The Kier molecular flexibility index (Phi) is 6.05. The Morgan fingerprint density at radius 3 is 2.79 bits per heavy atom. The normalized spacial score (nSPS) is 15.5. The summed E-state index contributed by atoms with van der Waals surface area (Å²) in [6, 6.07) is 13.8. The summed E-state index contributed by atoms with van der Waals surface area (Å²) in [5.41, 5.74) is 1.39. The number of hydrogen-bond donors (Lipinski definition) is 1. The molecule has 7 nitrogen and oxygen atoms in total. The molecule has 3 aromatic rings. The molecule has 1 aliphatic heterocycles. The van der Waals surface area contributed by atoms with Gasteiger partial charge in [0.05, 0.1) is 12.3 Å². The number of furan rings is 1. The van der Waals surface area contributed by atoms with Crippen LogP contribution in [0.2, 0.25) is 0 Å². The number of rotatable bonds is 7. The number of amides is 1. The molecule has 1 amide bonds. The highest BCUT2D eigenvalue weighted by molar-refractivity contribution is 5.91. The van der Waals surface area contributed by atoms with Crippen LogP contribution in [0.4, 0.5) is 0 Å². The maximum atomic E-state index is 12.3. The van der Waals surface area contributed by atoms with Gasteiger partial charge in [0, 0.05) is 26.1 Å². The van der Waals surface area contributed by atoms with Crippen molar-refractivity contribution in [1.29, 1.82) is 0 Å². The first-order valence-electron chi connectivity index (χ1n) is 10.2. The molecule has 29 heavy (non-hydrogen) atoms. The molecule has 3 heterocycles. The van der Waals surface area contributed by atoms with Gasteiger partial charge in [0.15, 0.2) is 11.6 Å². The second-order valence-corrected chi connectivity index (χ2v) is 7.48. The minimum absolute atomic E-state index is 0.238. The average Bonchev–Trinajstić information content (AvgIpc) is 3.37. The Morgan fingerprint density at radius 1 is 1.14 bits per heavy atom. The number of hydrogen-bond acceptors (Lipinski definition) is 5. The Balaban J connectivity index is 1.32. The van der Waals surface area contributed by atoms with Gasteiger partial charge in [0.1, 0.15) is 5.82 Å². The number of nitrogens with zero attached hydrogens (tertiary/aromatic N) is 4. The van der Waals surface area contributed by atoms with Crippen molar-refractivity contribution in [2.75, 3.05) is 19.6 Å². The van der Waals surface area contributed by atoms with Crippen molar-refractivity contribution in [3.63, 3.8) is 0 Å². The Labute approximate surface area is 170 Å². The maximum absolute atomic E-state index is 12.3. The highest BCUT2D eigenvalue weighted by Gasteiger charge is 2.23. The molecule has 1 aliphatic rings. The Bertz CT molecular complexity index is 920. The van der Waals surface area contributed by atoms with Crippen LogP contribution in [-0.2, 0) is 19.4 Å². The predicted octanol–water partition coefficient (Wildman–Crippen LogP) is 2.85. The predicted molar refractivity (Wildman–Crippen MR) is 110 cm³/mol. The average molecular weight is 393 g/mol. The van der Waals surface area contributed by atoms with Crippen LogP contribution in [0.1, 0.15) is 47.2 Å². The third kappa shape index (κ3) is 4.74. The molecule has 0 spiro atoms. The maximum Gasteiger partial charge on any atom is 0.287 e. The lowest BCUT2D eigenvalue weighted by Gasteiger charge is -2.20. The molecule has 4 rings (SSSR count). The topological polar surface area (TPSA) is 76.2 Å². The van der Waals surface area contributed by atoms with Gasteiger partial charge in [0.25, 0.3) is 5.91 Å². The summed E-state index contributed by atoms with van der Waals surface area (Å²) >= 11 is 0. The smallest absolute Gasteiger partial charge is 0.287 e. The summed E-state index contributed by atoms with van der Waals surface area (Å²) in [7, 11) is 0. The number of benzene rings is 1. The van der Waals surface area contributed by atoms with Gasteiger partial charge in [-0.05, 0) is 44.0 Å². The van der Waals surface area contributed by atoms with E-state index in [1.54, 1.807) is 12.1 Å². The van der Waals surface area contributed by atoms with Crippen molar-refractivity contribution >= 4 is 5.91 Å². The van der Waals surface area contributed by atoms with Gasteiger partial charge in [-0.2, -0.15) is 0 Å². The summed E-state index contributed by atoms with van der Waals surface area (Å²) in [6.45, 7) is 5.80. The summed E-state index contributed by atoms with van der Waals surface area (Å²) in [5, 5.41) is 11.7. The van der Waals surface area contributed by atoms with Crippen LogP contribution in [0.15, 0.2) is 53.1 Å². The van der Waals surface area contributed by atoms with Crippen LogP contribution in [0.5, 0.6) is 0 Å². The van der Waals surface area contributed by atoms with Crippen molar-refractivity contribution in [3.8, 4) is 0 Å². The van der Waals surface area contributed by atoms with E-state index < -0.39 is 0 Å². The minimum Gasteiger partial charge on any atom is -0.459 e. The molecule has 0 fully saturated rings. The monoisotopic (exact) mass is 393 g/mol. The van der Waals surface area contributed by atoms with Crippen molar-refractivity contribution in [2.24, 2.45) is 0 Å². The molecule has 1 aromatic carbocycles. The third-order valence-corrected chi connectivity index (χ3v) is 5.41. The summed E-state index contributed by atoms with van der Waals surface area (Å²) in [6.07, 6.45) is 4.61. The van der Waals surface area contributed by atoms with Gasteiger partial charge in [0.2, 0.25) is 0 Å². The van der Waals surface area contributed by atoms with Gasteiger partial charge in [-0.3, -0.25) is 4.79 Å². The fourth-order valence-corrected chi connectivity index (χ4v) is 3.82. The fraction of sp³-hybridized carbons (Fsp3) is 0.409. The molecule has 1 atom stereocenters. The highest BCUT2D eigenvalue weighted by atomic mass is 16.3. The molecule has 0 bridgehead atoms. The van der Waals surface area contributed by atoms with Crippen LogP contribution in [0.3, 0.4) is 0 Å². The quantitative estimate of drug-likeness (QED) is 0.668. The zero-order valence-electron chi connectivity index (χ0n) is 16.8. The molecule has 0 saturated carbocycles. The lowest BCUT2D eigenvalue weighted by atomic mass is 10.1. The van der Waals surface area contributed by atoms with Crippen LogP contribution in [-0.4, -0.2) is 45.2 Å². The number of carbonyl (C=O) groups excluding carboxylic acids is 1. The second kappa shape index (κ2) is 9.05. The van der Waals surface area contributed by atoms with Crippen LogP contribution < -0.4 is 5.32 Å². The first kappa shape index (κ1) is 19.4. The van der Waals surface area contributed by atoms with E-state index in [2.05, 4.69) is 55.3 Å². The molecule has 0 aliphatic carbocycles. The number of aromatic nitrogens is 3. The van der Waals surface area contributed by atoms with Gasteiger partial charge < -0.3 is 19.2 Å². The molecule has 1 N–H and O–H groups in total. The van der Waals surface area contributed by atoms with Gasteiger partial charge in [-0.25, -0.2) is 0 Å². The Morgan fingerprint density at radius 2 is 2.00 bits per heavy atom. The molecule has 7 heteroatoms. The molecular formula is C22H27N5O2. The summed E-state index contributed by atoms with van der Waals surface area (Å²) < 4.78 is 7.33. The lowest BCUT2D eigenvalue weighted by molar-refractivity contribution is 0.0909. The van der Waals surface area contributed by atoms with Gasteiger partial charge in [-0.1, -0.05) is 30.3 Å². The number of fused-ring (bicyclic) bond motifs is 1. The zero-order chi connectivity index (χ0) is 20.1. The van der Waals surface area contributed by atoms with E-state index in [0.717, 1.165) is 57.1 Å². The van der Waals surface area contributed by atoms with Crippen molar-refractivity contribution in [2.45, 2.75) is 38.8 Å². The largest absolute Gasteiger partial charge is 0.459 e. The van der Waals surface area contributed by atoms with Gasteiger partial charge in [-0.15, -0.1) is 10.2 Å². The van der Waals surface area contributed by atoms with E-state index in [1.807, 2.05) is 6.92 Å². The molecule has 2 aromatic heterocycles. The fourth-order valence-electron chi connectivity index (χ4n) is 3.82. The van der Waals surface area contributed by atoms with E-state index >= 15 is 0 Å². The molecule has 0 unspecified atom stereocenters. The molecular weight excluding hydrogens is 366 g/mol. The minimum atomic E-state index is -0.240. The zero-order valence-corrected chi connectivity index (χ0v) is 16.8. The first-order chi connectivity index (χ1) is 14.2. The van der Waals surface area contributed by atoms with E-state index in [9.17, 15) is 4.79 Å². The SMILES string of the molecule is C[C@H](NC(=O)c1ccco1)c1nnc2n1CCN(CCCc1ccccc1)CC2. The van der Waals surface area contributed by atoms with E-state index in [4.69, 9.17) is 4.42 Å². The van der Waals surface area contributed by atoms with E-state index in [0.29, 0.717) is 5.76 Å². The summed E-state index contributed by atoms with van der Waals surface area (Å²) in [5.74, 6) is 1.85. The number of carbonyl (C=O) groups is 1. The number of aryl methyl sites for hydroxylation is 1. The van der Waals surface area contributed by atoms with Crippen LogP contribution >= 0.6 is 0 Å². The number of nitrogens with one attached hydrogen (secondary N) is 1. The summed E-state index contributed by atoms with van der Waals surface area (Å²) in [4.78, 5) is 14.8. The Hall–Kier alpha value is -2.93. The van der Waals surface area contributed by atoms with Crippen molar-refractivity contribution in [3.05, 3.63) is 71.7 Å². The van der Waals surface area contributed by atoms with Crippen LogP contribution in [0, 0.1) is 0 Å². The molecule has 152 valence electrons. The molecule has 0 radical (unpaired) electrons. The van der Waals surface area contributed by atoms with Crippen LogP contribution in [0.25, 0.3) is 0 Å². The van der Waals surface area contributed by atoms with Gasteiger partial charge >= 0.3 is 0 Å².